The van der Waals surface area contributed by atoms with Crippen LogP contribution in [0.1, 0.15) is 32.7 Å². The Morgan fingerprint density at radius 3 is 2.49 bits per heavy atom. The molecule has 0 unspecified atom stereocenters. The summed E-state index contributed by atoms with van der Waals surface area (Å²) in [6.07, 6.45) is 0.788. The summed E-state index contributed by atoms with van der Waals surface area (Å²) >= 11 is 0. The van der Waals surface area contributed by atoms with Gasteiger partial charge in [0.15, 0.2) is 6.61 Å². The Hall–Kier alpha value is -5.63. The van der Waals surface area contributed by atoms with Gasteiger partial charge < -0.3 is 29.7 Å². The van der Waals surface area contributed by atoms with Crippen molar-refractivity contribution in [3.05, 3.63) is 107 Å². The Morgan fingerprint density at radius 2 is 1.75 bits per heavy atom. The predicted molar refractivity (Wildman–Crippen MR) is 188 cm³/mol. The summed E-state index contributed by atoms with van der Waals surface area (Å²) < 4.78 is 58.0. The predicted octanol–water partition coefficient (Wildman–Crippen LogP) is 4.00. The Balaban J connectivity index is 1.32. The number of nitrogens with one attached hydrogen (secondary N) is 2. The number of piperidine rings is 1. The summed E-state index contributed by atoms with van der Waals surface area (Å²) in [5.41, 5.74) is 2.42. The van der Waals surface area contributed by atoms with Gasteiger partial charge in [0.2, 0.25) is 10.0 Å². The van der Waals surface area contributed by atoms with E-state index in [2.05, 4.69) is 10.6 Å². The number of methoxy groups -OCH3 is 1. The molecule has 0 radical (unpaired) electrons. The average molecular weight is 717 g/mol. The molecule has 51 heavy (non-hydrogen) atoms. The van der Waals surface area contributed by atoms with E-state index in [0.717, 1.165) is 10.6 Å². The van der Waals surface area contributed by atoms with E-state index >= 15 is 4.39 Å². The normalized spacial score (nSPS) is 17.9. The largest absolute Gasteiger partial charge is 0.496 e. The molecular formula is C37H37FN4O8S. The van der Waals surface area contributed by atoms with Crippen LogP contribution in [-0.4, -0.2) is 83.3 Å². The maximum absolute atomic E-state index is 15.3. The molecule has 6 bridgehead atoms. The summed E-state index contributed by atoms with van der Waals surface area (Å²) in [7, 11) is -0.567. The fraction of sp³-hybridized carbons (Fsp3) is 0.270. The monoisotopic (exact) mass is 716 g/mol. The van der Waals surface area contributed by atoms with E-state index in [1.54, 1.807) is 77.7 Å². The van der Waals surface area contributed by atoms with E-state index in [9.17, 15) is 22.8 Å². The molecule has 1 fully saturated rings. The van der Waals surface area contributed by atoms with Gasteiger partial charge in [-0.3, -0.25) is 18.7 Å². The lowest BCUT2D eigenvalue weighted by Crippen LogP contribution is -2.58. The van der Waals surface area contributed by atoms with E-state index in [1.807, 2.05) is 0 Å². The molecule has 0 saturated carbocycles. The third-order valence-corrected chi connectivity index (χ3v) is 10.1. The molecule has 4 aromatic carbocycles. The first-order valence-corrected chi connectivity index (χ1v) is 18.0. The van der Waals surface area contributed by atoms with E-state index in [0.29, 0.717) is 51.6 Å². The van der Waals surface area contributed by atoms with Gasteiger partial charge in [0.25, 0.3) is 17.7 Å². The lowest BCUT2D eigenvalue weighted by molar-refractivity contribution is -0.123. The minimum atomic E-state index is -3.49. The highest BCUT2D eigenvalue weighted by atomic mass is 32.2. The highest BCUT2D eigenvalue weighted by Crippen LogP contribution is 2.30. The van der Waals surface area contributed by atoms with Crippen molar-refractivity contribution in [3.8, 4) is 28.4 Å². The van der Waals surface area contributed by atoms with Crippen LogP contribution < -0.4 is 29.1 Å². The second-order valence-corrected chi connectivity index (χ2v) is 14.3. The van der Waals surface area contributed by atoms with E-state index < -0.39 is 33.9 Å². The Bertz CT molecular complexity index is 2080. The first kappa shape index (κ1) is 35.2. The molecule has 4 aromatic rings. The topological polar surface area (TPSA) is 144 Å². The zero-order valence-electron chi connectivity index (χ0n) is 28.2. The number of ether oxygens (including phenoxy) is 3. The quantitative estimate of drug-likeness (QED) is 0.323. The molecule has 1 saturated heterocycles. The van der Waals surface area contributed by atoms with Crippen LogP contribution in [-0.2, 0) is 21.4 Å². The molecule has 14 heteroatoms. The molecule has 7 rings (SSSR count). The fourth-order valence-corrected chi connectivity index (χ4v) is 6.49. The number of likely N-dealkylation sites (tertiary alicyclic amines) is 1. The van der Waals surface area contributed by atoms with Crippen molar-refractivity contribution in [2.75, 3.05) is 44.4 Å². The summed E-state index contributed by atoms with van der Waals surface area (Å²) in [6.45, 7) is 0.264. The van der Waals surface area contributed by atoms with Crippen molar-refractivity contribution in [1.82, 2.24) is 15.5 Å². The zero-order chi connectivity index (χ0) is 36.3. The second kappa shape index (κ2) is 14.7. The van der Waals surface area contributed by atoms with Gasteiger partial charge in [0.1, 0.15) is 29.2 Å². The molecule has 3 aliphatic rings. The van der Waals surface area contributed by atoms with Crippen LogP contribution in [0.2, 0.25) is 0 Å². The number of carbonyl (C=O) groups is 3. The minimum Gasteiger partial charge on any atom is -0.496 e. The molecule has 2 N–H and O–H groups in total. The number of nitrogens with zero attached hydrogens (tertiary/aromatic N) is 2. The highest BCUT2D eigenvalue weighted by Gasteiger charge is 2.35. The molecule has 3 aliphatic heterocycles. The van der Waals surface area contributed by atoms with Crippen molar-refractivity contribution in [2.45, 2.75) is 25.1 Å². The van der Waals surface area contributed by atoms with Gasteiger partial charge in [0, 0.05) is 50.3 Å². The first-order chi connectivity index (χ1) is 24.4. The van der Waals surface area contributed by atoms with Crippen LogP contribution in [0.3, 0.4) is 0 Å². The maximum Gasteiger partial charge on any atom is 0.258 e. The standard InChI is InChI=1S/C37H37FN4O8S/c1-41(51(3,46)47)27-11-7-23(8-12-27)37(45)42-16-15-33-32(21-42)40-36(44)30-18-25(10-14-31(30)38)24-5-4-6-28(17-24)49-22-35(43)39-20-26-9-13-29(50-33)19-34(26)48-2/h4-14,17-19,32-33H,15-16,20-22H2,1-3H3,(H,39,43)(H,40,44)/t32-,33+/m1/s1. The molecule has 266 valence electrons. The number of halogens is 1. The van der Waals surface area contributed by atoms with Crippen molar-refractivity contribution in [3.63, 3.8) is 0 Å². The van der Waals surface area contributed by atoms with Crippen LogP contribution in [0.25, 0.3) is 11.1 Å². The fourth-order valence-electron chi connectivity index (χ4n) is 5.99. The van der Waals surface area contributed by atoms with Crippen LogP contribution in [0.4, 0.5) is 10.1 Å². The lowest BCUT2D eigenvalue weighted by atomic mass is 9.98. The smallest absolute Gasteiger partial charge is 0.258 e. The number of fused-ring (bicyclic) bond motifs is 7. The SMILES string of the molecule is COc1cc2ccc1CNC(=O)COc1cccc(c1)-c1ccc(F)c(c1)C(=O)N[C@@H]1CN(C(=O)c3ccc(N(C)S(C)(=O)=O)cc3)CC[C@@H]1O2. The molecule has 3 heterocycles. The van der Waals surface area contributed by atoms with Crippen molar-refractivity contribution in [2.24, 2.45) is 0 Å². The molecule has 12 nitrogen and oxygen atoms in total. The van der Waals surface area contributed by atoms with Gasteiger partial charge in [-0.15, -0.1) is 0 Å². The number of benzene rings is 4. The number of carbonyl (C=O) groups excluding carboxylic acids is 3. The maximum atomic E-state index is 15.3. The van der Waals surface area contributed by atoms with Gasteiger partial charge in [-0.25, -0.2) is 12.8 Å². The van der Waals surface area contributed by atoms with E-state index in [-0.39, 0.29) is 43.6 Å². The average Bonchev–Trinajstić information content (AvgIpc) is 3.13. The van der Waals surface area contributed by atoms with Gasteiger partial charge >= 0.3 is 0 Å². The van der Waals surface area contributed by atoms with Crippen molar-refractivity contribution < 1.29 is 41.4 Å². The van der Waals surface area contributed by atoms with Crippen LogP contribution in [0.5, 0.6) is 17.2 Å². The van der Waals surface area contributed by atoms with Gasteiger partial charge in [-0.05, 0) is 71.8 Å². The third kappa shape index (κ3) is 8.07. The molecule has 0 aliphatic carbocycles. The highest BCUT2D eigenvalue weighted by molar-refractivity contribution is 7.92. The third-order valence-electron chi connectivity index (χ3n) is 8.90. The zero-order valence-corrected chi connectivity index (χ0v) is 29.0. The van der Waals surface area contributed by atoms with Gasteiger partial charge in [-0.1, -0.05) is 18.2 Å². The van der Waals surface area contributed by atoms with Gasteiger partial charge in [-0.2, -0.15) is 0 Å². The van der Waals surface area contributed by atoms with Crippen molar-refractivity contribution >= 4 is 33.4 Å². The lowest BCUT2D eigenvalue weighted by Gasteiger charge is -2.39. The number of sulfonamides is 1. The number of anilines is 1. The molecular weight excluding hydrogens is 679 g/mol. The summed E-state index contributed by atoms with van der Waals surface area (Å²) in [6, 6.07) is 21.7. The summed E-state index contributed by atoms with van der Waals surface area (Å²) in [4.78, 5) is 41.7. The number of amides is 3. The van der Waals surface area contributed by atoms with Crippen molar-refractivity contribution in [1.29, 1.82) is 0 Å². The number of rotatable bonds is 4. The number of hydrogen-bond acceptors (Lipinski definition) is 8. The Morgan fingerprint density at radius 1 is 0.980 bits per heavy atom. The van der Waals surface area contributed by atoms with Crippen LogP contribution >= 0.6 is 0 Å². The second-order valence-electron chi connectivity index (χ2n) is 12.3. The Labute approximate surface area is 295 Å². The number of hydrogen-bond donors (Lipinski definition) is 2. The molecule has 0 aromatic heterocycles. The van der Waals surface area contributed by atoms with Crippen LogP contribution in [0.15, 0.2) is 84.9 Å². The molecule has 3 amide bonds. The minimum absolute atomic E-state index is 0.0438. The molecule has 0 spiro atoms. The van der Waals surface area contributed by atoms with E-state index in [1.165, 1.54) is 26.3 Å². The molecule has 2 atom stereocenters. The first-order valence-electron chi connectivity index (χ1n) is 16.2. The van der Waals surface area contributed by atoms with E-state index in [4.69, 9.17) is 14.2 Å². The van der Waals surface area contributed by atoms with Gasteiger partial charge in [0.05, 0.1) is 30.7 Å². The summed E-state index contributed by atoms with van der Waals surface area (Å²) in [5.74, 6) is -0.789. The van der Waals surface area contributed by atoms with Crippen LogP contribution in [0, 0.1) is 5.82 Å². The summed E-state index contributed by atoms with van der Waals surface area (Å²) in [5, 5.41) is 5.75. The Kier molecular flexibility index (Phi) is 10.1.